The third-order valence-electron chi connectivity index (χ3n) is 9.16. The van der Waals surface area contributed by atoms with Crippen molar-refractivity contribution in [2.75, 3.05) is 47.5 Å². The molecule has 1 unspecified atom stereocenters. The van der Waals surface area contributed by atoms with Crippen LogP contribution >= 0.6 is 7.82 Å². The summed E-state index contributed by atoms with van der Waals surface area (Å²) in [5.74, 6) is -0.377. The highest BCUT2D eigenvalue weighted by molar-refractivity contribution is 7.47. The lowest BCUT2D eigenvalue weighted by atomic mass is 10.0. The SMILES string of the molecule is CC/C=C/C/C=C/C/C=C/C/C=C/CCCCC(=O)O[C@H](CO/C=C/CCCCCCCCCCCCCCCCCC)COP(=O)(O)OCC[N+](C)(C)C. The summed E-state index contributed by atoms with van der Waals surface area (Å²) in [5.41, 5.74) is 0. The Morgan fingerprint density at radius 1 is 0.600 bits per heavy atom. The molecule has 0 fully saturated rings. The van der Waals surface area contributed by atoms with Crippen molar-refractivity contribution >= 4 is 13.8 Å². The van der Waals surface area contributed by atoms with Gasteiger partial charge in [-0.1, -0.05) is 159 Å². The Morgan fingerprint density at radius 3 is 1.60 bits per heavy atom. The van der Waals surface area contributed by atoms with E-state index in [0.29, 0.717) is 17.4 Å². The topological polar surface area (TPSA) is 91.3 Å². The molecular weight excluding hydrogens is 709 g/mol. The number of rotatable bonds is 40. The predicted molar refractivity (Wildman–Crippen MR) is 233 cm³/mol. The standard InChI is InChI=1S/C46H84NO7P/c1-6-8-10-12-14-16-18-20-22-23-24-26-28-30-32-34-36-38-41-51-43-45(44-53-55(49,50)52-42-40-47(3,4)5)54-46(48)39-37-35-33-31-29-27-25-21-19-17-15-13-11-9-7-2/h9,11,15,17,21,25,29,31,38,41,45H,6-8,10,12-14,16,18-20,22-24,26-28,30,32-37,39-40,42-44H2,1-5H3/p+1/b11-9+,17-15+,25-21+,31-29+,41-38+/t45-/m1/s1. The zero-order valence-electron chi connectivity index (χ0n) is 36.1. The minimum absolute atomic E-state index is 0.0298. The Kier molecular flexibility index (Phi) is 37.5. The van der Waals surface area contributed by atoms with E-state index in [4.69, 9.17) is 18.5 Å². The first-order valence-corrected chi connectivity index (χ1v) is 23.6. The van der Waals surface area contributed by atoms with Crippen LogP contribution in [0.25, 0.3) is 0 Å². The van der Waals surface area contributed by atoms with Crippen LogP contribution in [0, 0.1) is 0 Å². The molecule has 0 spiro atoms. The highest BCUT2D eigenvalue weighted by atomic mass is 31.2. The summed E-state index contributed by atoms with van der Waals surface area (Å²) in [5, 5.41) is 0. The number of esters is 1. The molecule has 55 heavy (non-hydrogen) atoms. The number of carbonyl (C=O) groups is 1. The molecule has 0 aliphatic heterocycles. The molecule has 0 radical (unpaired) electrons. The number of phosphoric acid groups is 1. The molecule has 1 N–H and O–H groups in total. The Morgan fingerprint density at radius 2 is 1.07 bits per heavy atom. The summed E-state index contributed by atoms with van der Waals surface area (Å²) in [6.45, 7) is 4.77. The van der Waals surface area contributed by atoms with Crippen molar-refractivity contribution in [2.45, 2.75) is 180 Å². The van der Waals surface area contributed by atoms with E-state index >= 15 is 0 Å². The molecule has 0 rings (SSSR count). The van der Waals surface area contributed by atoms with Crippen LogP contribution in [-0.4, -0.2) is 69.0 Å². The highest BCUT2D eigenvalue weighted by Crippen LogP contribution is 2.43. The van der Waals surface area contributed by atoms with E-state index in [-0.39, 0.29) is 32.2 Å². The highest BCUT2D eigenvalue weighted by Gasteiger charge is 2.26. The molecule has 320 valence electrons. The van der Waals surface area contributed by atoms with Crippen LogP contribution in [0.15, 0.2) is 60.9 Å². The van der Waals surface area contributed by atoms with Gasteiger partial charge in [-0.3, -0.25) is 13.8 Å². The number of hydrogen-bond donors (Lipinski definition) is 1. The number of likely N-dealkylation sites (N-methyl/N-ethyl adjacent to an activating group) is 1. The third-order valence-corrected chi connectivity index (χ3v) is 10.1. The van der Waals surface area contributed by atoms with Gasteiger partial charge in [0.2, 0.25) is 0 Å². The lowest BCUT2D eigenvalue weighted by Crippen LogP contribution is -2.37. The molecule has 8 nitrogen and oxygen atoms in total. The number of nitrogens with zero attached hydrogens (tertiary/aromatic N) is 1. The van der Waals surface area contributed by atoms with Crippen LogP contribution < -0.4 is 0 Å². The van der Waals surface area contributed by atoms with Crippen molar-refractivity contribution in [1.82, 2.24) is 0 Å². The van der Waals surface area contributed by atoms with Crippen LogP contribution in [0.3, 0.4) is 0 Å². The van der Waals surface area contributed by atoms with Gasteiger partial charge in [0.25, 0.3) is 0 Å². The van der Waals surface area contributed by atoms with E-state index in [0.717, 1.165) is 51.4 Å². The maximum absolute atomic E-state index is 12.7. The number of quaternary nitrogens is 1. The van der Waals surface area contributed by atoms with Gasteiger partial charge in [-0.05, 0) is 63.9 Å². The van der Waals surface area contributed by atoms with Crippen LogP contribution in [-0.2, 0) is 27.9 Å². The first kappa shape index (κ1) is 53.0. The molecule has 0 bridgehead atoms. The van der Waals surface area contributed by atoms with Crippen LogP contribution in [0.5, 0.6) is 0 Å². The van der Waals surface area contributed by atoms with Gasteiger partial charge < -0.3 is 18.9 Å². The molecule has 0 aliphatic rings. The van der Waals surface area contributed by atoms with E-state index in [2.05, 4.69) is 62.5 Å². The van der Waals surface area contributed by atoms with Crippen molar-refractivity contribution in [2.24, 2.45) is 0 Å². The number of phosphoric ester groups is 1. The Labute approximate surface area is 339 Å². The van der Waals surface area contributed by atoms with Gasteiger partial charge in [0, 0.05) is 6.42 Å². The fourth-order valence-electron chi connectivity index (χ4n) is 5.74. The van der Waals surface area contributed by atoms with Crippen molar-refractivity contribution < 1.29 is 37.3 Å². The second-order valence-corrected chi connectivity index (χ2v) is 17.2. The predicted octanol–water partition coefficient (Wildman–Crippen LogP) is 13.3. The smallest absolute Gasteiger partial charge is 0.472 e. The molecule has 0 aromatic heterocycles. The van der Waals surface area contributed by atoms with Crippen molar-refractivity contribution in [1.29, 1.82) is 0 Å². The molecule has 9 heteroatoms. The molecule has 0 saturated carbocycles. The molecule has 0 aromatic rings. The number of hydrogen-bond acceptors (Lipinski definition) is 6. The fraction of sp³-hybridized carbons (Fsp3) is 0.761. The van der Waals surface area contributed by atoms with E-state index in [1.54, 1.807) is 6.26 Å². The summed E-state index contributed by atoms with van der Waals surface area (Å²) in [6.07, 6.45) is 49.3. The van der Waals surface area contributed by atoms with Gasteiger partial charge in [-0.15, -0.1) is 0 Å². The maximum Gasteiger partial charge on any atom is 0.472 e. The first-order chi connectivity index (χ1) is 26.6. The second kappa shape index (κ2) is 38.9. The first-order valence-electron chi connectivity index (χ1n) is 22.1. The van der Waals surface area contributed by atoms with E-state index in [9.17, 15) is 14.3 Å². The minimum Gasteiger partial charge on any atom is -0.498 e. The molecule has 0 amide bonds. The van der Waals surface area contributed by atoms with Crippen LogP contribution in [0.2, 0.25) is 0 Å². The number of unbranched alkanes of at least 4 members (excludes halogenated alkanes) is 18. The summed E-state index contributed by atoms with van der Waals surface area (Å²) in [4.78, 5) is 22.8. The van der Waals surface area contributed by atoms with Gasteiger partial charge >= 0.3 is 13.8 Å². The Bertz CT molecular complexity index is 1060. The van der Waals surface area contributed by atoms with Gasteiger partial charge in [0.1, 0.15) is 19.8 Å². The summed E-state index contributed by atoms with van der Waals surface area (Å²) >= 11 is 0. The van der Waals surface area contributed by atoms with Crippen molar-refractivity contribution in [3.63, 3.8) is 0 Å². The van der Waals surface area contributed by atoms with Gasteiger partial charge in [-0.2, -0.15) is 0 Å². The lowest BCUT2D eigenvalue weighted by Gasteiger charge is -2.24. The Hall–Kier alpha value is -1.96. The minimum atomic E-state index is -4.30. The third kappa shape index (κ3) is 43.0. The average Bonchev–Trinajstić information content (AvgIpc) is 3.13. The quantitative estimate of drug-likeness (QED) is 0.0165. The molecule has 0 aliphatic carbocycles. The molecule has 2 atom stereocenters. The van der Waals surface area contributed by atoms with Gasteiger partial charge in [0.05, 0.1) is 34.0 Å². The van der Waals surface area contributed by atoms with Gasteiger partial charge in [0.15, 0.2) is 6.10 Å². The van der Waals surface area contributed by atoms with Crippen molar-refractivity contribution in [3.8, 4) is 0 Å². The fourth-order valence-corrected chi connectivity index (χ4v) is 6.49. The van der Waals surface area contributed by atoms with E-state index < -0.39 is 13.9 Å². The molecular formula is C46H85NO7P+. The molecule has 0 saturated heterocycles. The normalized spacial score (nSPS) is 14.3. The summed E-state index contributed by atoms with van der Waals surface area (Å²) < 4.78 is 34.7. The van der Waals surface area contributed by atoms with Crippen molar-refractivity contribution in [3.05, 3.63) is 60.9 Å². The van der Waals surface area contributed by atoms with Crippen LogP contribution in [0.1, 0.15) is 174 Å². The van der Waals surface area contributed by atoms with E-state index in [1.165, 1.54) is 96.3 Å². The maximum atomic E-state index is 12.7. The van der Waals surface area contributed by atoms with Gasteiger partial charge in [-0.25, -0.2) is 4.57 Å². The number of carbonyl (C=O) groups excluding carboxylic acids is 1. The molecule has 0 aromatic carbocycles. The van der Waals surface area contributed by atoms with Crippen LogP contribution in [0.4, 0.5) is 0 Å². The summed E-state index contributed by atoms with van der Waals surface area (Å²) in [7, 11) is 1.60. The van der Waals surface area contributed by atoms with E-state index in [1.807, 2.05) is 27.2 Å². The number of allylic oxidation sites excluding steroid dienone is 9. The lowest BCUT2D eigenvalue weighted by molar-refractivity contribution is -0.870. The number of ether oxygens (including phenoxy) is 2. The Balaban J connectivity index is 4.34. The zero-order chi connectivity index (χ0) is 40.6. The molecule has 0 heterocycles. The summed E-state index contributed by atoms with van der Waals surface area (Å²) in [6, 6.07) is 0. The zero-order valence-corrected chi connectivity index (χ0v) is 37.0. The average molecular weight is 795 g/mol. The largest absolute Gasteiger partial charge is 0.498 e. The second-order valence-electron chi connectivity index (χ2n) is 15.8. The monoisotopic (exact) mass is 795 g/mol.